The van der Waals surface area contributed by atoms with Crippen LogP contribution in [0.5, 0.6) is 5.75 Å². The van der Waals surface area contributed by atoms with Crippen molar-refractivity contribution in [1.82, 2.24) is 0 Å². The van der Waals surface area contributed by atoms with Crippen molar-refractivity contribution >= 4 is 5.78 Å². The first-order chi connectivity index (χ1) is 9.20. The second-order valence-electron chi connectivity index (χ2n) is 5.13. The van der Waals surface area contributed by atoms with E-state index in [0.717, 1.165) is 42.7 Å². The number of ketones is 1. The van der Waals surface area contributed by atoms with Crippen molar-refractivity contribution < 1.29 is 14.3 Å². The first kappa shape index (κ1) is 14.1. The van der Waals surface area contributed by atoms with Crippen LogP contribution in [0.15, 0.2) is 18.2 Å². The lowest BCUT2D eigenvalue weighted by atomic mass is 9.98. The minimum Gasteiger partial charge on any atom is -0.497 e. The Labute approximate surface area is 114 Å². The van der Waals surface area contributed by atoms with Gasteiger partial charge in [0.05, 0.1) is 13.2 Å². The van der Waals surface area contributed by atoms with Gasteiger partial charge in [0, 0.05) is 18.6 Å². The topological polar surface area (TPSA) is 35.5 Å². The van der Waals surface area contributed by atoms with Crippen molar-refractivity contribution in [2.75, 3.05) is 13.7 Å². The van der Waals surface area contributed by atoms with Crippen LogP contribution in [0.2, 0.25) is 0 Å². The Morgan fingerprint density at radius 3 is 2.89 bits per heavy atom. The van der Waals surface area contributed by atoms with E-state index in [1.165, 1.54) is 6.42 Å². The lowest BCUT2D eigenvalue weighted by molar-refractivity contribution is 0.0104. The summed E-state index contributed by atoms with van der Waals surface area (Å²) in [7, 11) is 1.64. The molecular formula is C16H22O3. The van der Waals surface area contributed by atoms with Crippen molar-refractivity contribution in [3.05, 3.63) is 29.3 Å². The van der Waals surface area contributed by atoms with Gasteiger partial charge in [-0.2, -0.15) is 0 Å². The van der Waals surface area contributed by atoms with Crippen LogP contribution < -0.4 is 4.74 Å². The first-order valence-electron chi connectivity index (χ1n) is 7.00. The van der Waals surface area contributed by atoms with Crippen LogP contribution in [0.1, 0.15) is 48.0 Å². The lowest BCUT2D eigenvalue weighted by Gasteiger charge is -2.22. The van der Waals surface area contributed by atoms with Gasteiger partial charge in [-0.15, -0.1) is 0 Å². The normalized spacial score (nSPS) is 19.2. The molecule has 0 bridgehead atoms. The van der Waals surface area contributed by atoms with E-state index in [-0.39, 0.29) is 11.9 Å². The highest BCUT2D eigenvalue weighted by Crippen LogP contribution is 2.21. The molecule has 1 atom stereocenters. The molecule has 0 N–H and O–H groups in total. The average molecular weight is 262 g/mol. The zero-order valence-electron chi connectivity index (χ0n) is 11.8. The number of carbonyl (C=O) groups is 1. The summed E-state index contributed by atoms with van der Waals surface area (Å²) in [5.41, 5.74) is 1.78. The zero-order chi connectivity index (χ0) is 13.7. The van der Waals surface area contributed by atoms with Gasteiger partial charge in [-0.05, 0) is 56.4 Å². The number of rotatable bonds is 5. The number of hydrogen-bond acceptors (Lipinski definition) is 3. The Hall–Kier alpha value is -1.35. The Balaban J connectivity index is 1.92. The van der Waals surface area contributed by atoms with Crippen LogP contribution in [0.25, 0.3) is 0 Å². The fourth-order valence-electron chi connectivity index (χ4n) is 2.54. The molecule has 1 aliphatic heterocycles. The molecule has 1 aliphatic rings. The van der Waals surface area contributed by atoms with Crippen molar-refractivity contribution in [2.24, 2.45) is 0 Å². The minimum absolute atomic E-state index is 0.203. The zero-order valence-corrected chi connectivity index (χ0v) is 11.8. The molecular weight excluding hydrogens is 240 g/mol. The summed E-state index contributed by atoms with van der Waals surface area (Å²) in [6, 6.07) is 5.61. The standard InChI is InChI=1S/C16H22O3/c1-12-11-14(18-2)6-8-15(12)16(17)9-7-13-5-3-4-10-19-13/h6,8,11,13H,3-5,7,9-10H2,1-2H3. The van der Waals surface area contributed by atoms with E-state index in [2.05, 4.69) is 0 Å². The third-order valence-corrected chi connectivity index (χ3v) is 3.70. The average Bonchev–Trinajstić information content (AvgIpc) is 2.45. The van der Waals surface area contributed by atoms with Gasteiger partial charge in [0.25, 0.3) is 0 Å². The molecule has 1 unspecified atom stereocenters. The molecule has 0 spiro atoms. The largest absolute Gasteiger partial charge is 0.497 e. The first-order valence-corrected chi connectivity index (χ1v) is 7.00. The quantitative estimate of drug-likeness (QED) is 0.761. The Kier molecular flexibility index (Phi) is 4.97. The Morgan fingerprint density at radius 2 is 2.26 bits per heavy atom. The Bertz CT molecular complexity index is 434. The third-order valence-electron chi connectivity index (χ3n) is 3.70. The lowest BCUT2D eigenvalue weighted by Crippen LogP contribution is -2.20. The predicted molar refractivity (Wildman–Crippen MR) is 74.9 cm³/mol. The van der Waals surface area contributed by atoms with Gasteiger partial charge in [0.15, 0.2) is 5.78 Å². The van der Waals surface area contributed by atoms with Crippen LogP contribution in [0, 0.1) is 6.92 Å². The monoisotopic (exact) mass is 262 g/mol. The molecule has 1 aromatic carbocycles. The molecule has 1 heterocycles. The summed E-state index contributed by atoms with van der Waals surface area (Å²) in [6.07, 6.45) is 5.15. The highest BCUT2D eigenvalue weighted by atomic mass is 16.5. The van der Waals surface area contributed by atoms with Crippen LogP contribution in [0.4, 0.5) is 0 Å². The number of ether oxygens (including phenoxy) is 2. The summed E-state index contributed by atoms with van der Waals surface area (Å²) in [5, 5.41) is 0. The molecule has 0 saturated carbocycles. The van der Waals surface area contributed by atoms with Crippen LogP contribution in [-0.4, -0.2) is 25.6 Å². The van der Waals surface area contributed by atoms with Crippen molar-refractivity contribution in [3.8, 4) is 5.75 Å². The molecule has 3 nitrogen and oxygen atoms in total. The third kappa shape index (κ3) is 3.80. The number of methoxy groups -OCH3 is 1. The molecule has 104 valence electrons. The molecule has 0 amide bonds. The van der Waals surface area contributed by atoms with E-state index in [9.17, 15) is 4.79 Å². The second kappa shape index (κ2) is 6.71. The summed E-state index contributed by atoms with van der Waals surface area (Å²) in [5.74, 6) is 0.999. The number of carbonyl (C=O) groups excluding carboxylic acids is 1. The number of hydrogen-bond donors (Lipinski definition) is 0. The summed E-state index contributed by atoms with van der Waals surface area (Å²) < 4.78 is 10.8. The highest BCUT2D eigenvalue weighted by Gasteiger charge is 2.17. The number of aryl methyl sites for hydroxylation is 1. The molecule has 3 heteroatoms. The molecule has 1 aromatic rings. The maximum Gasteiger partial charge on any atom is 0.163 e. The molecule has 1 fully saturated rings. The van der Waals surface area contributed by atoms with Gasteiger partial charge >= 0.3 is 0 Å². The van der Waals surface area contributed by atoms with Gasteiger partial charge < -0.3 is 9.47 Å². The summed E-state index contributed by atoms with van der Waals surface area (Å²) >= 11 is 0. The van der Waals surface area contributed by atoms with E-state index in [1.807, 2.05) is 25.1 Å². The van der Waals surface area contributed by atoms with Gasteiger partial charge in [-0.25, -0.2) is 0 Å². The SMILES string of the molecule is COc1ccc(C(=O)CCC2CCCCO2)c(C)c1. The molecule has 0 aliphatic carbocycles. The van der Waals surface area contributed by atoms with Gasteiger partial charge in [-0.3, -0.25) is 4.79 Å². The van der Waals surface area contributed by atoms with Crippen molar-refractivity contribution in [2.45, 2.75) is 45.1 Å². The summed E-state index contributed by atoms with van der Waals surface area (Å²) in [4.78, 5) is 12.2. The molecule has 19 heavy (non-hydrogen) atoms. The van der Waals surface area contributed by atoms with E-state index in [1.54, 1.807) is 7.11 Å². The highest BCUT2D eigenvalue weighted by molar-refractivity contribution is 5.97. The van der Waals surface area contributed by atoms with Gasteiger partial charge in [-0.1, -0.05) is 0 Å². The molecule has 1 saturated heterocycles. The van der Waals surface area contributed by atoms with E-state index in [0.29, 0.717) is 6.42 Å². The number of Topliss-reactive ketones (excluding diaryl/α,β-unsaturated/α-hetero) is 1. The van der Waals surface area contributed by atoms with Crippen LogP contribution in [0.3, 0.4) is 0 Å². The van der Waals surface area contributed by atoms with E-state index >= 15 is 0 Å². The smallest absolute Gasteiger partial charge is 0.163 e. The van der Waals surface area contributed by atoms with Crippen LogP contribution >= 0.6 is 0 Å². The summed E-state index contributed by atoms with van der Waals surface area (Å²) in [6.45, 7) is 2.80. The minimum atomic E-state index is 0.203. The van der Waals surface area contributed by atoms with Crippen molar-refractivity contribution in [1.29, 1.82) is 0 Å². The predicted octanol–water partition coefficient (Wildman–Crippen LogP) is 3.54. The molecule has 0 radical (unpaired) electrons. The fraction of sp³-hybridized carbons (Fsp3) is 0.562. The van der Waals surface area contributed by atoms with Crippen molar-refractivity contribution in [3.63, 3.8) is 0 Å². The van der Waals surface area contributed by atoms with Gasteiger partial charge in [0.2, 0.25) is 0 Å². The number of benzene rings is 1. The van der Waals surface area contributed by atoms with Gasteiger partial charge in [0.1, 0.15) is 5.75 Å². The fourth-order valence-corrected chi connectivity index (χ4v) is 2.54. The second-order valence-corrected chi connectivity index (χ2v) is 5.13. The maximum atomic E-state index is 12.2. The molecule has 2 rings (SSSR count). The van der Waals surface area contributed by atoms with Crippen LogP contribution in [-0.2, 0) is 4.74 Å². The molecule has 0 aromatic heterocycles. The van der Waals surface area contributed by atoms with E-state index < -0.39 is 0 Å². The van der Waals surface area contributed by atoms with E-state index in [4.69, 9.17) is 9.47 Å². The maximum absolute atomic E-state index is 12.2. The Morgan fingerprint density at radius 1 is 1.42 bits per heavy atom.